The lowest BCUT2D eigenvalue weighted by molar-refractivity contribution is -0.131. The topological polar surface area (TPSA) is 46.3 Å². The molecule has 1 heterocycles. The van der Waals surface area contributed by atoms with Gasteiger partial charge in [-0.05, 0) is 22.9 Å². The first-order chi connectivity index (χ1) is 9.06. The van der Waals surface area contributed by atoms with Crippen LogP contribution in [0.15, 0.2) is 11.4 Å². The van der Waals surface area contributed by atoms with Crippen molar-refractivity contribution in [3.63, 3.8) is 0 Å². The average molecular weight is 278 g/mol. The van der Waals surface area contributed by atoms with Crippen LogP contribution in [0.25, 0.3) is 0 Å². The third-order valence-corrected chi connectivity index (χ3v) is 3.93. The predicted molar refractivity (Wildman–Crippen MR) is 80.8 cm³/mol. The number of nitrogens with zero attached hydrogens (tertiary/aromatic N) is 1. The molecule has 0 saturated heterocycles. The van der Waals surface area contributed by atoms with E-state index in [-0.39, 0.29) is 5.91 Å². The van der Waals surface area contributed by atoms with Crippen molar-refractivity contribution in [1.29, 1.82) is 0 Å². The van der Waals surface area contributed by atoms with E-state index in [1.54, 1.807) is 16.2 Å². The lowest BCUT2D eigenvalue weighted by Crippen LogP contribution is -2.27. The Labute approximate surface area is 119 Å². The molecule has 0 aliphatic carbocycles. The van der Waals surface area contributed by atoms with Crippen LogP contribution in [0.2, 0.25) is 0 Å². The zero-order chi connectivity index (χ0) is 14.3. The first-order valence-electron chi connectivity index (χ1n) is 6.57. The minimum atomic E-state index is 0.204. The van der Waals surface area contributed by atoms with Crippen LogP contribution >= 0.6 is 11.3 Å². The fourth-order valence-corrected chi connectivity index (χ4v) is 2.39. The number of carbonyl (C=O) groups is 1. The number of nitrogens with two attached hydrogens (primary N) is 1. The number of carbonyl (C=O) groups excluding carboxylic acids is 1. The normalized spacial score (nSPS) is 11.6. The molecule has 1 rings (SSSR count). The van der Waals surface area contributed by atoms with Gasteiger partial charge >= 0.3 is 0 Å². The minimum Gasteiger partial charge on any atom is -0.341 e. The highest BCUT2D eigenvalue weighted by atomic mass is 32.1. The smallest absolute Gasteiger partial charge is 0.222 e. The molecule has 0 bridgehead atoms. The maximum Gasteiger partial charge on any atom is 0.222 e. The summed E-state index contributed by atoms with van der Waals surface area (Å²) in [5.41, 5.74) is 6.47. The summed E-state index contributed by atoms with van der Waals surface area (Å²) in [4.78, 5) is 14.8. The van der Waals surface area contributed by atoms with Crippen LogP contribution in [0.1, 0.15) is 37.1 Å². The summed E-state index contributed by atoms with van der Waals surface area (Å²) in [7, 11) is 1.85. The Hall–Kier alpha value is -1.31. The fraction of sp³-hybridized carbons (Fsp3) is 0.533. The van der Waals surface area contributed by atoms with E-state index in [2.05, 4.69) is 25.7 Å². The molecule has 2 N–H and O–H groups in total. The highest BCUT2D eigenvalue weighted by Gasteiger charge is 2.13. The van der Waals surface area contributed by atoms with Gasteiger partial charge in [-0.15, -0.1) is 11.3 Å². The first kappa shape index (κ1) is 15.7. The Balaban J connectivity index is 2.54. The highest BCUT2D eigenvalue weighted by Crippen LogP contribution is 2.16. The molecule has 0 aromatic carbocycles. The second kappa shape index (κ2) is 7.98. The Morgan fingerprint density at radius 1 is 1.58 bits per heavy atom. The molecule has 0 radical (unpaired) electrons. The van der Waals surface area contributed by atoms with Crippen LogP contribution in [0.3, 0.4) is 0 Å². The molecule has 4 heteroatoms. The number of rotatable bonds is 5. The van der Waals surface area contributed by atoms with Gasteiger partial charge in [-0.1, -0.05) is 32.1 Å². The van der Waals surface area contributed by atoms with E-state index in [0.717, 1.165) is 16.9 Å². The van der Waals surface area contributed by atoms with Crippen molar-refractivity contribution in [3.8, 4) is 11.8 Å². The van der Waals surface area contributed by atoms with Gasteiger partial charge in [0.25, 0.3) is 0 Å². The molecule has 1 amide bonds. The zero-order valence-electron chi connectivity index (χ0n) is 11.9. The van der Waals surface area contributed by atoms with E-state index in [9.17, 15) is 4.79 Å². The molecular weight excluding hydrogens is 256 g/mol. The van der Waals surface area contributed by atoms with Gasteiger partial charge in [0, 0.05) is 20.0 Å². The van der Waals surface area contributed by atoms with Crippen molar-refractivity contribution in [2.75, 3.05) is 13.6 Å². The molecule has 0 spiro atoms. The summed E-state index contributed by atoms with van der Waals surface area (Å²) in [5, 5.41) is 2.05. The molecule has 0 aliphatic rings. The molecule has 104 valence electrons. The largest absolute Gasteiger partial charge is 0.341 e. The third-order valence-electron chi connectivity index (χ3n) is 3.03. The summed E-state index contributed by atoms with van der Waals surface area (Å²) in [6, 6.07) is 2.03. The first-order valence-corrected chi connectivity index (χ1v) is 7.45. The Morgan fingerprint density at radius 3 is 2.95 bits per heavy atom. The SMILES string of the molecule is CCC(C)CC(=O)N(C)Cc1csc(C#CCN)c1. The summed E-state index contributed by atoms with van der Waals surface area (Å²) in [6.45, 7) is 5.24. The standard InChI is InChI=1S/C15H22N2OS/c1-4-12(2)8-15(18)17(3)10-13-9-14(19-11-13)6-5-7-16/h9,11-12H,4,7-8,10,16H2,1-3H3. The number of hydrogen-bond acceptors (Lipinski definition) is 3. The summed E-state index contributed by atoms with van der Waals surface area (Å²) >= 11 is 1.59. The van der Waals surface area contributed by atoms with E-state index < -0.39 is 0 Å². The minimum absolute atomic E-state index is 0.204. The quantitative estimate of drug-likeness (QED) is 0.841. The van der Waals surface area contributed by atoms with Crippen molar-refractivity contribution in [2.24, 2.45) is 11.7 Å². The molecule has 0 saturated carbocycles. The van der Waals surface area contributed by atoms with Gasteiger partial charge in [0.15, 0.2) is 0 Å². The lowest BCUT2D eigenvalue weighted by Gasteiger charge is -2.18. The average Bonchev–Trinajstić information content (AvgIpc) is 2.83. The van der Waals surface area contributed by atoms with Crippen LogP contribution in [-0.2, 0) is 11.3 Å². The van der Waals surface area contributed by atoms with E-state index in [1.807, 2.05) is 18.5 Å². The van der Waals surface area contributed by atoms with E-state index in [4.69, 9.17) is 5.73 Å². The highest BCUT2D eigenvalue weighted by molar-refractivity contribution is 7.10. The Bertz CT molecular complexity index is 470. The molecule has 1 atom stereocenters. The van der Waals surface area contributed by atoms with E-state index in [1.165, 1.54) is 0 Å². The van der Waals surface area contributed by atoms with Gasteiger partial charge in [0.2, 0.25) is 5.91 Å². The molecule has 1 aromatic heterocycles. The molecule has 3 nitrogen and oxygen atoms in total. The molecule has 0 fully saturated rings. The summed E-state index contributed by atoms with van der Waals surface area (Å²) < 4.78 is 0. The maximum atomic E-state index is 12.0. The van der Waals surface area contributed by atoms with Gasteiger partial charge in [0.1, 0.15) is 0 Å². The number of hydrogen-bond donors (Lipinski definition) is 1. The van der Waals surface area contributed by atoms with Crippen molar-refractivity contribution >= 4 is 17.2 Å². The van der Waals surface area contributed by atoms with Gasteiger partial charge in [-0.2, -0.15) is 0 Å². The monoisotopic (exact) mass is 278 g/mol. The van der Waals surface area contributed by atoms with Crippen molar-refractivity contribution < 1.29 is 4.79 Å². The van der Waals surface area contributed by atoms with Gasteiger partial charge in [-0.25, -0.2) is 0 Å². The van der Waals surface area contributed by atoms with Crippen LogP contribution < -0.4 is 5.73 Å². The molecular formula is C15H22N2OS. The van der Waals surface area contributed by atoms with Gasteiger partial charge < -0.3 is 10.6 Å². The van der Waals surface area contributed by atoms with Crippen LogP contribution in [-0.4, -0.2) is 24.4 Å². The molecule has 1 aromatic rings. The maximum absolute atomic E-state index is 12.0. The fourth-order valence-electron chi connectivity index (χ4n) is 1.62. The molecule has 0 aliphatic heterocycles. The molecule has 1 unspecified atom stereocenters. The second-order valence-corrected chi connectivity index (χ2v) is 5.70. The lowest BCUT2D eigenvalue weighted by atomic mass is 10.0. The van der Waals surface area contributed by atoms with Crippen molar-refractivity contribution in [1.82, 2.24) is 4.90 Å². The van der Waals surface area contributed by atoms with E-state index in [0.29, 0.717) is 25.4 Å². The summed E-state index contributed by atoms with van der Waals surface area (Å²) in [6.07, 6.45) is 1.66. The Morgan fingerprint density at radius 2 is 2.32 bits per heavy atom. The van der Waals surface area contributed by atoms with Gasteiger partial charge in [-0.3, -0.25) is 4.79 Å². The third kappa shape index (κ3) is 5.46. The summed E-state index contributed by atoms with van der Waals surface area (Å²) in [5.74, 6) is 6.50. The van der Waals surface area contributed by atoms with Crippen LogP contribution in [0.4, 0.5) is 0 Å². The Kier molecular flexibility index (Phi) is 6.61. The zero-order valence-corrected chi connectivity index (χ0v) is 12.7. The van der Waals surface area contributed by atoms with Crippen LogP contribution in [0.5, 0.6) is 0 Å². The molecule has 19 heavy (non-hydrogen) atoms. The van der Waals surface area contributed by atoms with Crippen LogP contribution in [0, 0.1) is 17.8 Å². The second-order valence-electron chi connectivity index (χ2n) is 4.79. The number of amides is 1. The van der Waals surface area contributed by atoms with Gasteiger partial charge in [0.05, 0.1) is 11.4 Å². The van der Waals surface area contributed by atoms with Crippen molar-refractivity contribution in [3.05, 3.63) is 21.9 Å². The predicted octanol–water partition coefficient (Wildman–Crippen LogP) is 2.45. The van der Waals surface area contributed by atoms with Crippen molar-refractivity contribution in [2.45, 2.75) is 33.2 Å². The van der Waals surface area contributed by atoms with E-state index >= 15 is 0 Å². The number of thiophene rings is 1.